The molecule has 1 aromatic carbocycles. The van der Waals surface area contributed by atoms with Crippen molar-refractivity contribution in [1.82, 2.24) is 15.6 Å². The van der Waals surface area contributed by atoms with Gasteiger partial charge in [-0.1, -0.05) is 18.2 Å². The highest BCUT2D eigenvalue weighted by Gasteiger charge is 2.29. The number of carbonyl (C=O) groups excluding carboxylic acids is 3. The van der Waals surface area contributed by atoms with Crippen molar-refractivity contribution in [3.8, 4) is 0 Å². The fourth-order valence-corrected chi connectivity index (χ4v) is 2.76. The van der Waals surface area contributed by atoms with Crippen molar-refractivity contribution in [2.45, 2.75) is 31.0 Å². The number of carboxylic acids is 1. The van der Waals surface area contributed by atoms with Crippen LogP contribution in [0.4, 0.5) is 0 Å². The molecule has 3 atom stereocenters. The number of aromatic amines is 1. The second kappa shape index (κ2) is 9.66. The maximum atomic E-state index is 12.5. The summed E-state index contributed by atoms with van der Waals surface area (Å²) >= 11 is 0. The first kappa shape index (κ1) is 21.9. The molecular formula is C18H23N5O6. The van der Waals surface area contributed by atoms with Crippen LogP contribution in [0.2, 0.25) is 0 Å². The second-order valence-electron chi connectivity index (χ2n) is 6.48. The molecule has 0 aliphatic carbocycles. The third-order valence-corrected chi connectivity index (χ3v) is 4.29. The number of carboxylic acid groups (broad SMARTS) is 1. The minimum Gasteiger partial charge on any atom is -0.480 e. The molecule has 0 saturated carbocycles. The number of nitrogens with one attached hydrogen (secondary N) is 3. The molecular weight excluding hydrogens is 382 g/mol. The van der Waals surface area contributed by atoms with E-state index in [1.54, 1.807) is 12.3 Å². The number of fused-ring (bicyclic) bond motifs is 1. The van der Waals surface area contributed by atoms with Gasteiger partial charge in [0.2, 0.25) is 17.7 Å². The number of aliphatic carboxylic acids is 1. The standard InChI is InChI=1S/C18H23N5O6/c19-11(8-24)16(26)22-13(6-15(20)25)17(27)23-14(18(28)29)5-9-7-21-12-4-2-1-3-10(9)12/h1-4,7,11,13-14,21,24H,5-6,8,19H2,(H2,20,25)(H,22,26)(H,23,27)(H,28,29). The molecule has 0 bridgehead atoms. The molecule has 9 N–H and O–H groups in total. The zero-order valence-electron chi connectivity index (χ0n) is 15.4. The van der Waals surface area contributed by atoms with Crippen molar-refractivity contribution < 1.29 is 29.4 Å². The Bertz CT molecular complexity index is 911. The first-order chi connectivity index (χ1) is 13.7. The van der Waals surface area contributed by atoms with Gasteiger partial charge in [-0.25, -0.2) is 4.79 Å². The van der Waals surface area contributed by atoms with Crippen molar-refractivity contribution in [3.63, 3.8) is 0 Å². The molecule has 3 unspecified atom stereocenters. The van der Waals surface area contributed by atoms with Crippen LogP contribution in [0.1, 0.15) is 12.0 Å². The number of aliphatic hydroxyl groups is 1. The predicted molar refractivity (Wildman–Crippen MR) is 102 cm³/mol. The molecule has 0 fully saturated rings. The number of aromatic nitrogens is 1. The van der Waals surface area contributed by atoms with Crippen molar-refractivity contribution in [1.29, 1.82) is 0 Å². The Kier molecular flexibility index (Phi) is 7.28. The van der Waals surface area contributed by atoms with Gasteiger partial charge in [-0.15, -0.1) is 0 Å². The van der Waals surface area contributed by atoms with Gasteiger partial charge in [0, 0.05) is 23.5 Å². The average molecular weight is 405 g/mol. The molecule has 11 heteroatoms. The van der Waals surface area contributed by atoms with Gasteiger partial charge in [-0.2, -0.15) is 0 Å². The predicted octanol–water partition coefficient (Wildman–Crippen LogP) is -2.04. The molecule has 0 saturated heterocycles. The van der Waals surface area contributed by atoms with Gasteiger partial charge in [0.25, 0.3) is 0 Å². The number of aliphatic hydroxyl groups excluding tert-OH is 1. The van der Waals surface area contributed by atoms with Gasteiger partial charge in [0.15, 0.2) is 0 Å². The van der Waals surface area contributed by atoms with Crippen molar-refractivity contribution >= 4 is 34.6 Å². The van der Waals surface area contributed by atoms with Crippen LogP contribution in [0.5, 0.6) is 0 Å². The van der Waals surface area contributed by atoms with Crippen LogP contribution in [-0.4, -0.2) is 63.6 Å². The Morgan fingerprint density at radius 1 is 1.07 bits per heavy atom. The summed E-state index contributed by atoms with van der Waals surface area (Å²) in [5.74, 6) is -3.96. The SMILES string of the molecule is NC(=O)CC(NC(=O)C(N)CO)C(=O)NC(Cc1c[nH]c2ccccc12)C(=O)O. The Morgan fingerprint density at radius 2 is 1.72 bits per heavy atom. The highest BCUT2D eigenvalue weighted by atomic mass is 16.4. The van der Waals surface area contributed by atoms with Crippen LogP contribution in [0.3, 0.4) is 0 Å². The lowest BCUT2D eigenvalue weighted by Gasteiger charge is -2.21. The smallest absolute Gasteiger partial charge is 0.326 e. The van der Waals surface area contributed by atoms with Crippen LogP contribution in [-0.2, 0) is 25.6 Å². The number of para-hydroxylation sites is 1. The summed E-state index contributed by atoms with van der Waals surface area (Å²) in [6.45, 7) is -0.672. The molecule has 1 aromatic heterocycles. The molecule has 0 radical (unpaired) electrons. The van der Waals surface area contributed by atoms with E-state index in [9.17, 15) is 24.3 Å². The zero-order chi connectivity index (χ0) is 21.6. The third kappa shape index (κ3) is 5.77. The summed E-state index contributed by atoms with van der Waals surface area (Å²) in [6, 6.07) is 3.22. The van der Waals surface area contributed by atoms with Gasteiger partial charge in [0.05, 0.1) is 13.0 Å². The molecule has 29 heavy (non-hydrogen) atoms. The molecule has 156 valence electrons. The lowest BCUT2D eigenvalue weighted by Crippen LogP contribution is -2.56. The zero-order valence-corrected chi connectivity index (χ0v) is 15.4. The van der Waals surface area contributed by atoms with E-state index < -0.39 is 54.8 Å². The number of carbonyl (C=O) groups is 4. The minimum absolute atomic E-state index is 0.0293. The molecule has 3 amide bonds. The number of primary amides is 1. The van der Waals surface area contributed by atoms with Crippen LogP contribution < -0.4 is 22.1 Å². The third-order valence-electron chi connectivity index (χ3n) is 4.29. The van der Waals surface area contributed by atoms with E-state index in [0.717, 1.165) is 10.9 Å². The lowest BCUT2D eigenvalue weighted by molar-refractivity contribution is -0.142. The van der Waals surface area contributed by atoms with Gasteiger partial charge in [0.1, 0.15) is 18.1 Å². The largest absolute Gasteiger partial charge is 0.480 e. The summed E-state index contributed by atoms with van der Waals surface area (Å²) in [5, 5.41) is 23.8. The Balaban J connectivity index is 2.15. The summed E-state index contributed by atoms with van der Waals surface area (Å²) in [5.41, 5.74) is 12.0. The number of nitrogens with two attached hydrogens (primary N) is 2. The number of benzene rings is 1. The fourth-order valence-electron chi connectivity index (χ4n) is 2.76. The fraction of sp³-hybridized carbons (Fsp3) is 0.333. The lowest BCUT2D eigenvalue weighted by atomic mass is 10.0. The Morgan fingerprint density at radius 3 is 2.34 bits per heavy atom. The maximum Gasteiger partial charge on any atom is 0.326 e. The van der Waals surface area contributed by atoms with Gasteiger partial charge in [-0.3, -0.25) is 14.4 Å². The number of amides is 3. The van der Waals surface area contributed by atoms with Crippen LogP contribution in [0.25, 0.3) is 10.9 Å². The number of hydrogen-bond acceptors (Lipinski definition) is 6. The van der Waals surface area contributed by atoms with Gasteiger partial charge < -0.3 is 37.3 Å². The first-order valence-electron chi connectivity index (χ1n) is 8.76. The Labute approximate surface area is 165 Å². The molecule has 11 nitrogen and oxygen atoms in total. The number of hydrogen-bond donors (Lipinski definition) is 7. The van der Waals surface area contributed by atoms with Crippen LogP contribution in [0, 0.1) is 0 Å². The van der Waals surface area contributed by atoms with Crippen LogP contribution >= 0.6 is 0 Å². The monoisotopic (exact) mass is 405 g/mol. The first-order valence-corrected chi connectivity index (χ1v) is 8.76. The van der Waals surface area contributed by atoms with E-state index in [4.69, 9.17) is 16.6 Å². The van der Waals surface area contributed by atoms with E-state index in [-0.39, 0.29) is 6.42 Å². The highest BCUT2D eigenvalue weighted by molar-refractivity contribution is 5.95. The Hall–Kier alpha value is -3.44. The van der Waals surface area contributed by atoms with Gasteiger partial charge in [-0.05, 0) is 11.6 Å². The summed E-state index contributed by atoms with van der Waals surface area (Å²) < 4.78 is 0. The van der Waals surface area contributed by atoms with E-state index >= 15 is 0 Å². The van der Waals surface area contributed by atoms with Crippen LogP contribution in [0.15, 0.2) is 30.5 Å². The molecule has 0 aliphatic heterocycles. The van der Waals surface area contributed by atoms with E-state index in [1.807, 2.05) is 18.2 Å². The quantitative estimate of drug-likeness (QED) is 0.236. The normalized spacial score (nSPS) is 14.0. The number of H-pyrrole nitrogens is 1. The summed E-state index contributed by atoms with van der Waals surface area (Å²) in [7, 11) is 0. The maximum absolute atomic E-state index is 12.5. The van der Waals surface area contributed by atoms with Crippen molar-refractivity contribution in [2.75, 3.05) is 6.61 Å². The topological polar surface area (TPSA) is 201 Å². The molecule has 1 heterocycles. The summed E-state index contributed by atoms with van der Waals surface area (Å²) in [4.78, 5) is 50.3. The highest BCUT2D eigenvalue weighted by Crippen LogP contribution is 2.19. The second-order valence-corrected chi connectivity index (χ2v) is 6.48. The van der Waals surface area contributed by atoms with Crippen molar-refractivity contribution in [3.05, 3.63) is 36.0 Å². The van der Waals surface area contributed by atoms with E-state index in [1.165, 1.54) is 0 Å². The molecule has 0 spiro atoms. The molecule has 2 aromatic rings. The summed E-state index contributed by atoms with van der Waals surface area (Å²) in [6.07, 6.45) is 1.06. The van der Waals surface area contributed by atoms with Crippen molar-refractivity contribution in [2.24, 2.45) is 11.5 Å². The van der Waals surface area contributed by atoms with Gasteiger partial charge >= 0.3 is 5.97 Å². The average Bonchev–Trinajstić information content (AvgIpc) is 3.08. The molecule has 2 rings (SSSR count). The minimum atomic E-state index is -1.43. The van der Waals surface area contributed by atoms with E-state index in [2.05, 4.69) is 15.6 Å². The van der Waals surface area contributed by atoms with E-state index in [0.29, 0.717) is 5.56 Å². The number of rotatable bonds is 10. The molecule has 0 aliphatic rings.